The Bertz CT molecular complexity index is 265. The normalized spacial score (nSPS) is 30.0. The summed E-state index contributed by atoms with van der Waals surface area (Å²) in [4.78, 5) is 4.07. The first-order chi connectivity index (χ1) is 5.29. The van der Waals surface area contributed by atoms with E-state index in [2.05, 4.69) is 20.9 Å². The molecule has 11 heavy (non-hydrogen) atoms. The summed E-state index contributed by atoms with van der Waals surface area (Å²) in [5.41, 5.74) is 2.54. The lowest BCUT2D eigenvalue weighted by molar-refractivity contribution is -0.167. The minimum Gasteiger partial charge on any atom is -0.388 e. The van der Waals surface area contributed by atoms with Gasteiger partial charge < -0.3 is 9.84 Å². The van der Waals surface area contributed by atoms with Crippen molar-refractivity contribution < 1.29 is 9.84 Å². The molecule has 1 saturated heterocycles. The molecule has 1 fully saturated rings. The van der Waals surface area contributed by atoms with Gasteiger partial charge in [0, 0.05) is 0 Å². The van der Waals surface area contributed by atoms with Gasteiger partial charge in [0.25, 0.3) is 0 Å². The van der Waals surface area contributed by atoms with E-state index in [0.29, 0.717) is 6.61 Å². The Balaban J connectivity index is 2.22. The summed E-state index contributed by atoms with van der Waals surface area (Å²) in [6.07, 6.45) is -0.593. The largest absolute Gasteiger partial charge is 0.388 e. The Morgan fingerprint density at radius 1 is 1.82 bits per heavy atom. The third kappa shape index (κ3) is 1.22. The standard InChI is InChI=1S/C6H6BrNO2S/c7-6-4(8-2-11-6)5-3(9)1-10-5/h2-3,5,9H,1H2. The van der Waals surface area contributed by atoms with Gasteiger partial charge in [0.15, 0.2) is 0 Å². The van der Waals surface area contributed by atoms with Gasteiger partial charge in [0.05, 0.1) is 21.6 Å². The number of ether oxygens (including phenoxy) is 1. The highest BCUT2D eigenvalue weighted by molar-refractivity contribution is 9.11. The van der Waals surface area contributed by atoms with Crippen LogP contribution in [0.15, 0.2) is 9.30 Å². The summed E-state index contributed by atoms with van der Waals surface area (Å²) in [7, 11) is 0. The lowest BCUT2D eigenvalue weighted by atomic mass is 10.1. The predicted octanol–water partition coefficient (Wildman–Crippen LogP) is 1.34. The molecule has 2 atom stereocenters. The summed E-state index contributed by atoms with van der Waals surface area (Å²) in [5, 5.41) is 9.22. The zero-order valence-electron chi connectivity index (χ0n) is 5.53. The number of thiazole rings is 1. The van der Waals surface area contributed by atoms with Crippen LogP contribution in [0.4, 0.5) is 0 Å². The molecule has 0 saturated carbocycles. The van der Waals surface area contributed by atoms with Crippen molar-refractivity contribution in [3.8, 4) is 0 Å². The lowest BCUT2D eigenvalue weighted by Gasteiger charge is -2.31. The third-order valence-electron chi connectivity index (χ3n) is 1.61. The molecule has 2 unspecified atom stereocenters. The number of halogens is 1. The monoisotopic (exact) mass is 235 g/mol. The van der Waals surface area contributed by atoms with Crippen molar-refractivity contribution in [3.63, 3.8) is 0 Å². The second kappa shape index (κ2) is 2.82. The first kappa shape index (κ1) is 7.67. The molecule has 0 radical (unpaired) electrons. The summed E-state index contributed by atoms with van der Waals surface area (Å²) >= 11 is 4.83. The minimum atomic E-state index is -0.381. The van der Waals surface area contributed by atoms with Crippen LogP contribution in [0, 0.1) is 0 Å². The molecule has 1 aliphatic rings. The smallest absolute Gasteiger partial charge is 0.130 e. The molecule has 0 amide bonds. The van der Waals surface area contributed by atoms with Crippen molar-refractivity contribution in [1.29, 1.82) is 0 Å². The SMILES string of the molecule is OC1COC1c1ncsc1Br. The van der Waals surface area contributed by atoms with E-state index in [4.69, 9.17) is 4.74 Å². The average molecular weight is 236 g/mol. The summed E-state index contributed by atoms with van der Waals surface area (Å²) in [5.74, 6) is 0. The zero-order chi connectivity index (χ0) is 7.84. The van der Waals surface area contributed by atoms with Crippen molar-refractivity contribution in [2.75, 3.05) is 6.61 Å². The van der Waals surface area contributed by atoms with Crippen molar-refractivity contribution >= 4 is 27.3 Å². The molecule has 1 aliphatic heterocycles. The Kier molecular flexibility index (Phi) is 1.97. The number of nitrogens with zero attached hydrogens (tertiary/aromatic N) is 1. The predicted molar refractivity (Wildman–Crippen MR) is 44.5 cm³/mol. The Morgan fingerprint density at radius 2 is 2.64 bits per heavy atom. The van der Waals surface area contributed by atoms with Crippen molar-refractivity contribution in [2.24, 2.45) is 0 Å². The average Bonchev–Trinajstić information content (AvgIpc) is 2.34. The van der Waals surface area contributed by atoms with Gasteiger partial charge in [-0.15, -0.1) is 11.3 Å². The molecule has 0 aliphatic carbocycles. The van der Waals surface area contributed by atoms with Gasteiger partial charge in [-0.1, -0.05) is 0 Å². The highest BCUT2D eigenvalue weighted by Gasteiger charge is 2.34. The number of aromatic nitrogens is 1. The minimum absolute atomic E-state index is 0.212. The van der Waals surface area contributed by atoms with E-state index >= 15 is 0 Å². The van der Waals surface area contributed by atoms with Crippen molar-refractivity contribution in [3.05, 3.63) is 15.0 Å². The van der Waals surface area contributed by atoms with Crippen molar-refractivity contribution in [2.45, 2.75) is 12.2 Å². The molecule has 0 aromatic carbocycles. The van der Waals surface area contributed by atoms with Crippen LogP contribution in [-0.2, 0) is 4.74 Å². The summed E-state index contributed by atoms with van der Waals surface area (Å²) in [6.45, 7) is 0.425. The molecule has 5 heteroatoms. The number of hydrogen-bond donors (Lipinski definition) is 1. The van der Waals surface area contributed by atoms with Crippen molar-refractivity contribution in [1.82, 2.24) is 4.98 Å². The molecule has 2 heterocycles. The number of aliphatic hydroxyl groups is 1. The first-order valence-electron chi connectivity index (χ1n) is 3.17. The van der Waals surface area contributed by atoms with Gasteiger partial charge in [0.2, 0.25) is 0 Å². The number of hydrogen-bond acceptors (Lipinski definition) is 4. The van der Waals surface area contributed by atoms with E-state index in [-0.39, 0.29) is 12.2 Å². The van der Waals surface area contributed by atoms with E-state index in [1.54, 1.807) is 5.51 Å². The number of rotatable bonds is 1. The highest BCUT2D eigenvalue weighted by Crippen LogP contribution is 2.35. The van der Waals surface area contributed by atoms with E-state index < -0.39 is 0 Å². The number of aliphatic hydroxyl groups excluding tert-OH is 1. The van der Waals surface area contributed by atoms with Crippen LogP contribution >= 0.6 is 27.3 Å². The molecule has 60 valence electrons. The lowest BCUT2D eigenvalue weighted by Crippen LogP contribution is -2.37. The molecular formula is C6H6BrNO2S. The van der Waals surface area contributed by atoms with Gasteiger partial charge in [-0.25, -0.2) is 4.98 Å². The zero-order valence-corrected chi connectivity index (χ0v) is 7.93. The molecular weight excluding hydrogens is 230 g/mol. The maximum atomic E-state index is 9.22. The van der Waals surface area contributed by atoms with E-state index in [1.165, 1.54) is 11.3 Å². The fourth-order valence-electron chi connectivity index (χ4n) is 0.966. The van der Waals surface area contributed by atoms with E-state index in [0.717, 1.165) is 9.48 Å². The van der Waals surface area contributed by atoms with E-state index in [1.807, 2.05) is 0 Å². The second-order valence-corrected chi connectivity index (χ2v) is 4.51. The van der Waals surface area contributed by atoms with Gasteiger partial charge in [-0.2, -0.15) is 0 Å². The quantitative estimate of drug-likeness (QED) is 0.799. The second-order valence-electron chi connectivity index (χ2n) is 2.33. The summed E-state index contributed by atoms with van der Waals surface area (Å²) in [6, 6.07) is 0. The van der Waals surface area contributed by atoms with Gasteiger partial charge in [0.1, 0.15) is 12.2 Å². The van der Waals surface area contributed by atoms with Crippen LogP contribution in [0.2, 0.25) is 0 Å². The first-order valence-corrected chi connectivity index (χ1v) is 4.85. The highest BCUT2D eigenvalue weighted by atomic mass is 79.9. The molecule has 1 N–H and O–H groups in total. The van der Waals surface area contributed by atoms with Crippen LogP contribution in [0.3, 0.4) is 0 Å². The topological polar surface area (TPSA) is 42.4 Å². The molecule has 0 bridgehead atoms. The van der Waals surface area contributed by atoms with Crippen LogP contribution in [0.1, 0.15) is 11.8 Å². The summed E-state index contributed by atoms with van der Waals surface area (Å²) < 4.78 is 6.08. The molecule has 0 spiro atoms. The van der Waals surface area contributed by atoms with Gasteiger partial charge in [-0.3, -0.25) is 0 Å². The van der Waals surface area contributed by atoms with Gasteiger partial charge in [-0.05, 0) is 15.9 Å². The van der Waals surface area contributed by atoms with Crippen LogP contribution in [0.5, 0.6) is 0 Å². The fraction of sp³-hybridized carbons (Fsp3) is 0.500. The molecule has 3 nitrogen and oxygen atoms in total. The fourth-order valence-corrected chi connectivity index (χ4v) is 2.09. The van der Waals surface area contributed by atoms with Crippen LogP contribution in [0.25, 0.3) is 0 Å². The Labute approximate surface area is 76.2 Å². The molecule has 1 aromatic rings. The van der Waals surface area contributed by atoms with Crippen LogP contribution < -0.4 is 0 Å². The molecule has 1 aromatic heterocycles. The Morgan fingerprint density at radius 3 is 3.00 bits per heavy atom. The maximum absolute atomic E-state index is 9.22. The van der Waals surface area contributed by atoms with E-state index in [9.17, 15) is 5.11 Å². The third-order valence-corrected chi connectivity index (χ3v) is 3.21. The maximum Gasteiger partial charge on any atom is 0.130 e. The Hall–Kier alpha value is 0.0300. The molecule has 2 rings (SSSR count). The van der Waals surface area contributed by atoms with Gasteiger partial charge >= 0.3 is 0 Å². The van der Waals surface area contributed by atoms with Crippen LogP contribution in [-0.4, -0.2) is 22.8 Å².